The molecule has 4 heteroatoms. The van der Waals surface area contributed by atoms with Crippen LogP contribution in [0, 0.1) is 0 Å². The van der Waals surface area contributed by atoms with Crippen molar-refractivity contribution >= 4 is 5.97 Å². The first-order valence-corrected chi connectivity index (χ1v) is 6.19. The third-order valence-electron chi connectivity index (χ3n) is 2.94. The van der Waals surface area contributed by atoms with Crippen LogP contribution in [-0.4, -0.2) is 47.8 Å². The zero-order valence-electron chi connectivity index (χ0n) is 10.3. The fraction of sp³-hybridized carbons (Fsp3) is 0.917. The monoisotopic (exact) mass is 229 g/mol. The first-order valence-electron chi connectivity index (χ1n) is 6.19. The van der Waals surface area contributed by atoms with E-state index in [-0.39, 0.29) is 12.1 Å². The normalized spacial score (nSPS) is 22.6. The molecule has 1 heterocycles. The molecule has 0 saturated carbocycles. The summed E-state index contributed by atoms with van der Waals surface area (Å²) in [7, 11) is 0. The molecule has 0 aromatic rings. The number of hydrogen-bond donors (Lipinski definition) is 1. The second-order valence-corrected chi connectivity index (χ2v) is 4.66. The number of ether oxygens (including phenoxy) is 1. The molecular weight excluding hydrogens is 206 g/mol. The van der Waals surface area contributed by atoms with E-state index >= 15 is 0 Å². The predicted molar refractivity (Wildman–Crippen MR) is 62.6 cm³/mol. The number of rotatable bonds is 6. The molecule has 1 rings (SSSR count). The molecule has 16 heavy (non-hydrogen) atoms. The van der Waals surface area contributed by atoms with Crippen LogP contribution in [0.5, 0.6) is 0 Å². The summed E-state index contributed by atoms with van der Waals surface area (Å²) in [6.07, 6.45) is 4.13. The Morgan fingerprint density at radius 1 is 1.50 bits per heavy atom. The molecule has 1 aliphatic heterocycles. The largest absolute Gasteiger partial charge is 0.480 e. The number of aliphatic carboxylic acids is 1. The average molecular weight is 229 g/mol. The molecule has 1 aliphatic rings. The van der Waals surface area contributed by atoms with Gasteiger partial charge in [-0.1, -0.05) is 6.42 Å². The zero-order chi connectivity index (χ0) is 12.0. The third kappa shape index (κ3) is 4.49. The summed E-state index contributed by atoms with van der Waals surface area (Å²) >= 11 is 0. The van der Waals surface area contributed by atoms with Crippen molar-refractivity contribution < 1.29 is 14.6 Å². The van der Waals surface area contributed by atoms with Crippen LogP contribution >= 0.6 is 0 Å². The van der Waals surface area contributed by atoms with Gasteiger partial charge in [-0.2, -0.15) is 0 Å². The van der Waals surface area contributed by atoms with Crippen LogP contribution in [0.1, 0.15) is 39.5 Å². The molecule has 94 valence electrons. The van der Waals surface area contributed by atoms with Crippen molar-refractivity contribution in [3.63, 3.8) is 0 Å². The van der Waals surface area contributed by atoms with Crippen LogP contribution in [0.15, 0.2) is 0 Å². The Morgan fingerprint density at radius 3 is 2.88 bits per heavy atom. The van der Waals surface area contributed by atoms with Crippen molar-refractivity contribution in [2.45, 2.75) is 51.7 Å². The Labute approximate surface area is 97.6 Å². The lowest BCUT2D eigenvalue weighted by Crippen LogP contribution is -2.45. The van der Waals surface area contributed by atoms with E-state index in [1.54, 1.807) is 0 Å². The Kier molecular flexibility index (Phi) is 5.77. The van der Waals surface area contributed by atoms with Crippen molar-refractivity contribution in [2.24, 2.45) is 0 Å². The van der Waals surface area contributed by atoms with Gasteiger partial charge in [-0.3, -0.25) is 9.69 Å². The van der Waals surface area contributed by atoms with Gasteiger partial charge in [0.1, 0.15) is 6.04 Å². The lowest BCUT2D eigenvalue weighted by Gasteiger charge is -2.32. The van der Waals surface area contributed by atoms with Crippen LogP contribution in [-0.2, 0) is 9.53 Å². The summed E-state index contributed by atoms with van der Waals surface area (Å²) < 4.78 is 5.45. The Morgan fingerprint density at radius 2 is 2.25 bits per heavy atom. The summed E-state index contributed by atoms with van der Waals surface area (Å²) in [4.78, 5) is 13.1. The van der Waals surface area contributed by atoms with Crippen LogP contribution in [0.4, 0.5) is 0 Å². The Hall–Kier alpha value is -0.610. The van der Waals surface area contributed by atoms with E-state index in [1.807, 2.05) is 13.8 Å². The number of hydrogen-bond acceptors (Lipinski definition) is 3. The zero-order valence-corrected chi connectivity index (χ0v) is 10.3. The highest BCUT2D eigenvalue weighted by atomic mass is 16.5. The minimum atomic E-state index is -0.676. The second kappa shape index (κ2) is 6.86. The van der Waals surface area contributed by atoms with E-state index < -0.39 is 5.97 Å². The van der Waals surface area contributed by atoms with Gasteiger partial charge in [0.15, 0.2) is 0 Å². The molecule has 1 atom stereocenters. The van der Waals surface area contributed by atoms with Crippen molar-refractivity contribution in [3.05, 3.63) is 0 Å². The fourth-order valence-electron chi connectivity index (χ4n) is 2.12. The molecule has 0 bridgehead atoms. The first kappa shape index (κ1) is 13.5. The van der Waals surface area contributed by atoms with E-state index in [0.29, 0.717) is 0 Å². The lowest BCUT2D eigenvalue weighted by atomic mass is 10.0. The minimum Gasteiger partial charge on any atom is -0.480 e. The number of likely N-dealkylation sites (tertiary alicyclic amines) is 1. The van der Waals surface area contributed by atoms with Crippen molar-refractivity contribution in [1.82, 2.24) is 4.90 Å². The first-order chi connectivity index (χ1) is 7.61. The molecule has 0 spiro atoms. The van der Waals surface area contributed by atoms with Gasteiger partial charge in [-0.25, -0.2) is 0 Å². The van der Waals surface area contributed by atoms with E-state index in [1.165, 1.54) is 0 Å². The summed E-state index contributed by atoms with van der Waals surface area (Å²) in [6, 6.07) is -0.271. The second-order valence-electron chi connectivity index (χ2n) is 4.66. The fourth-order valence-corrected chi connectivity index (χ4v) is 2.12. The van der Waals surface area contributed by atoms with Crippen LogP contribution in [0.2, 0.25) is 0 Å². The van der Waals surface area contributed by atoms with Gasteiger partial charge in [0.25, 0.3) is 0 Å². The number of piperidine rings is 1. The summed E-state index contributed by atoms with van der Waals surface area (Å²) in [5, 5.41) is 9.08. The molecule has 0 radical (unpaired) electrons. The molecule has 0 amide bonds. The SMILES string of the molecule is CC(C)OCCCN1CCCCC1C(=O)O. The molecule has 0 aromatic carbocycles. The smallest absolute Gasteiger partial charge is 0.320 e. The third-order valence-corrected chi connectivity index (χ3v) is 2.94. The Bertz CT molecular complexity index is 218. The van der Waals surface area contributed by atoms with Crippen LogP contribution < -0.4 is 0 Å². The van der Waals surface area contributed by atoms with Crippen molar-refractivity contribution in [2.75, 3.05) is 19.7 Å². The highest BCUT2D eigenvalue weighted by Crippen LogP contribution is 2.17. The molecular formula is C12H23NO3. The standard InChI is InChI=1S/C12H23NO3/c1-10(2)16-9-5-8-13-7-4-3-6-11(13)12(14)15/h10-11H,3-9H2,1-2H3,(H,14,15). The van der Waals surface area contributed by atoms with Gasteiger partial charge in [-0.15, -0.1) is 0 Å². The molecule has 0 aromatic heterocycles. The van der Waals surface area contributed by atoms with Gasteiger partial charge < -0.3 is 9.84 Å². The lowest BCUT2D eigenvalue weighted by molar-refractivity contribution is -0.144. The van der Waals surface area contributed by atoms with Crippen molar-refractivity contribution in [1.29, 1.82) is 0 Å². The summed E-state index contributed by atoms with van der Waals surface area (Å²) in [6.45, 7) is 6.50. The minimum absolute atomic E-state index is 0.261. The van der Waals surface area contributed by atoms with Gasteiger partial charge in [0.05, 0.1) is 6.10 Å². The average Bonchev–Trinajstić information content (AvgIpc) is 2.24. The van der Waals surface area contributed by atoms with Crippen LogP contribution in [0.3, 0.4) is 0 Å². The van der Waals surface area contributed by atoms with Gasteiger partial charge >= 0.3 is 5.97 Å². The van der Waals surface area contributed by atoms with E-state index in [0.717, 1.165) is 45.4 Å². The van der Waals surface area contributed by atoms with E-state index in [2.05, 4.69) is 4.90 Å². The molecule has 1 saturated heterocycles. The number of carboxylic acid groups (broad SMARTS) is 1. The highest BCUT2D eigenvalue weighted by Gasteiger charge is 2.27. The van der Waals surface area contributed by atoms with Gasteiger partial charge in [-0.05, 0) is 39.7 Å². The van der Waals surface area contributed by atoms with E-state index in [9.17, 15) is 4.79 Å². The van der Waals surface area contributed by atoms with E-state index in [4.69, 9.17) is 9.84 Å². The topological polar surface area (TPSA) is 49.8 Å². The maximum absolute atomic E-state index is 11.0. The number of carboxylic acids is 1. The van der Waals surface area contributed by atoms with Gasteiger partial charge in [0, 0.05) is 13.2 Å². The van der Waals surface area contributed by atoms with Crippen LogP contribution in [0.25, 0.3) is 0 Å². The summed E-state index contributed by atoms with van der Waals surface area (Å²) in [5.41, 5.74) is 0. The van der Waals surface area contributed by atoms with Crippen molar-refractivity contribution in [3.8, 4) is 0 Å². The maximum atomic E-state index is 11.0. The molecule has 4 nitrogen and oxygen atoms in total. The molecule has 0 aliphatic carbocycles. The maximum Gasteiger partial charge on any atom is 0.320 e. The number of carbonyl (C=O) groups is 1. The molecule has 1 N–H and O–H groups in total. The molecule has 1 unspecified atom stereocenters. The quantitative estimate of drug-likeness (QED) is 0.705. The number of nitrogens with zero attached hydrogens (tertiary/aromatic N) is 1. The summed E-state index contributed by atoms with van der Waals surface area (Å²) in [5.74, 6) is -0.676. The Balaban J connectivity index is 2.24. The van der Waals surface area contributed by atoms with Gasteiger partial charge in [0.2, 0.25) is 0 Å². The highest BCUT2D eigenvalue weighted by molar-refractivity contribution is 5.73. The predicted octanol–water partition coefficient (Wildman–Crippen LogP) is 1.74. The molecule has 1 fully saturated rings.